The van der Waals surface area contributed by atoms with Crippen LogP contribution in [0.3, 0.4) is 0 Å². The van der Waals surface area contributed by atoms with E-state index in [1.165, 1.54) is 0 Å². The molecule has 0 bridgehead atoms. The fourth-order valence-electron chi connectivity index (χ4n) is 1.61. The number of benzene rings is 1. The number of hydrogen-bond donors (Lipinski definition) is 3. The molecule has 5 nitrogen and oxygen atoms in total. The van der Waals surface area contributed by atoms with Gasteiger partial charge >= 0.3 is 0 Å². The lowest BCUT2D eigenvalue weighted by Crippen LogP contribution is -2.30. The minimum Gasteiger partial charge on any atom is -0.380 e. The molecule has 0 unspecified atom stereocenters. The summed E-state index contributed by atoms with van der Waals surface area (Å²) in [4.78, 5) is 15.5. The Kier molecular flexibility index (Phi) is 3.88. The second kappa shape index (κ2) is 5.79. The molecular weight excluding hydrogens is 228 g/mol. The van der Waals surface area contributed by atoms with Crippen LogP contribution in [-0.4, -0.2) is 10.9 Å². The standard InChI is InChI=1S/C13H14N4O/c14-17-13(18)11-3-1-2-4-12(11)16-9-10-5-7-15-8-6-10/h1-8,16H,9,14H2,(H,17,18). The van der Waals surface area contributed by atoms with Gasteiger partial charge in [-0.15, -0.1) is 0 Å². The molecule has 0 saturated carbocycles. The molecule has 0 saturated heterocycles. The molecule has 0 aliphatic heterocycles. The molecule has 1 aromatic heterocycles. The van der Waals surface area contributed by atoms with Gasteiger partial charge in [0.25, 0.3) is 5.91 Å². The highest BCUT2D eigenvalue weighted by Crippen LogP contribution is 2.15. The molecule has 0 aliphatic rings. The fourth-order valence-corrected chi connectivity index (χ4v) is 1.61. The van der Waals surface area contributed by atoms with Crippen LogP contribution in [0, 0.1) is 0 Å². The molecule has 0 fully saturated rings. The number of hydrazine groups is 1. The van der Waals surface area contributed by atoms with Gasteiger partial charge in [-0.3, -0.25) is 15.2 Å². The minimum atomic E-state index is -0.312. The lowest BCUT2D eigenvalue weighted by Gasteiger charge is -2.10. The number of carbonyl (C=O) groups is 1. The number of nitrogens with two attached hydrogens (primary N) is 1. The maximum atomic E-state index is 11.6. The van der Waals surface area contributed by atoms with Crippen molar-refractivity contribution in [2.24, 2.45) is 5.84 Å². The van der Waals surface area contributed by atoms with Crippen molar-refractivity contribution in [3.05, 3.63) is 59.9 Å². The number of aromatic nitrogens is 1. The molecule has 2 rings (SSSR count). The number of nitrogens with zero attached hydrogens (tertiary/aromatic N) is 1. The van der Waals surface area contributed by atoms with Crippen molar-refractivity contribution < 1.29 is 4.79 Å². The van der Waals surface area contributed by atoms with Gasteiger partial charge in [0.05, 0.1) is 5.56 Å². The lowest BCUT2D eigenvalue weighted by molar-refractivity contribution is 0.0954. The predicted molar refractivity (Wildman–Crippen MR) is 69.7 cm³/mol. The molecule has 5 heteroatoms. The Hall–Kier alpha value is -2.40. The average Bonchev–Trinajstić information content (AvgIpc) is 2.45. The van der Waals surface area contributed by atoms with Gasteiger partial charge in [-0.2, -0.15) is 0 Å². The van der Waals surface area contributed by atoms with E-state index < -0.39 is 0 Å². The molecule has 0 atom stereocenters. The van der Waals surface area contributed by atoms with Crippen LogP contribution in [-0.2, 0) is 6.54 Å². The van der Waals surface area contributed by atoms with Gasteiger partial charge in [-0.05, 0) is 29.8 Å². The van der Waals surface area contributed by atoms with Crippen molar-refractivity contribution in [3.8, 4) is 0 Å². The summed E-state index contributed by atoms with van der Waals surface area (Å²) in [5, 5.41) is 3.20. The Bertz CT molecular complexity index is 528. The Morgan fingerprint density at radius 2 is 1.89 bits per heavy atom. The molecule has 1 heterocycles. The number of para-hydroxylation sites is 1. The highest BCUT2D eigenvalue weighted by molar-refractivity contribution is 5.99. The topological polar surface area (TPSA) is 80.0 Å². The van der Waals surface area contributed by atoms with Crippen molar-refractivity contribution in [3.63, 3.8) is 0 Å². The first-order valence-corrected chi connectivity index (χ1v) is 5.54. The molecule has 92 valence electrons. The summed E-state index contributed by atoms with van der Waals surface area (Å²) in [5.41, 5.74) is 4.49. The summed E-state index contributed by atoms with van der Waals surface area (Å²) < 4.78 is 0. The van der Waals surface area contributed by atoms with E-state index in [0.717, 1.165) is 11.3 Å². The number of anilines is 1. The highest BCUT2D eigenvalue weighted by atomic mass is 16.2. The van der Waals surface area contributed by atoms with Crippen molar-refractivity contribution >= 4 is 11.6 Å². The fraction of sp³-hybridized carbons (Fsp3) is 0.0769. The van der Waals surface area contributed by atoms with Crippen LogP contribution in [0.5, 0.6) is 0 Å². The largest absolute Gasteiger partial charge is 0.380 e. The third kappa shape index (κ3) is 2.83. The Morgan fingerprint density at radius 3 is 2.61 bits per heavy atom. The van der Waals surface area contributed by atoms with Crippen molar-refractivity contribution in [2.45, 2.75) is 6.54 Å². The summed E-state index contributed by atoms with van der Waals surface area (Å²) in [6.45, 7) is 0.622. The van der Waals surface area contributed by atoms with Crippen LogP contribution < -0.4 is 16.6 Å². The van der Waals surface area contributed by atoms with Crippen LogP contribution in [0.15, 0.2) is 48.8 Å². The molecular formula is C13H14N4O. The SMILES string of the molecule is NNC(=O)c1ccccc1NCc1ccncc1. The number of hydrogen-bond acceptors (Lipinski definition) is 4. The van der Waals surface area contributed by atoms with Gasteiger partial charge in [-0.25, -0.2) is 5.84 Å². The summed E-state index contributed by atoms with van der Waals surface area (Å²) in [5.74, 6) is 4.83. The number of carbonyl (C=O) groups excluding carboxylic acids is 1. The van der Waals surface area contributed by atoms with Gasteiger partial charge in [0.2, 0.25) is 0 Å². The smallest absolute Gasteiger partial charge is 0.267 e. The lowest BCUT2D eigenvalue weighted by atomic mass is 10.1. The number of rotatable bonds is 4. The Balaban J connectivity index is 2.12. The van der Waals surface area contributed by atoms with E-state index in [9.17, 15) is 4.79 Å². The van der Waals surface area contributed by atoms with Crippen molar-refractivity contribution in [1.29, 1.82) is 0 Å². The first kappa shape index (κ1) is 12.1. The number of amides is 1. The Labute approximate surface area is 105 Å². The van der Waals surface area contributed by atoms with Crippen LogP contribution in [0.2, 0.25) is 0 Å². The van der Waals surface area contributed by atoms with Crippen molar-refractivity contribution in [1.82, 2.24) is 10.4 Å². The zero-order chi connectivity index (χ0) is 12.8. The molecule has 0 radical (unpaired) electrons. The molecule has 1 amide bonds. The third-order valence-electron chi connectivity index (χ3n) is 2.54. The van der Waals surface area contributed by atoms with Crippen LogP contribution in [0.4, 0.5) is 5.69 Å². The van der Waals surface area contributed by atoms with Gasteiger partial charge in [0, 0.05) is 24.6 Å². The van der Waals surface area contributed by atoms with E-state index in [2.05, 4.69) is 15.7 Å². The molecule has 18 heavy (non-hydrogen) atoms. The minimum absolute atomic E-state index is 0.312. The molecule has 1 aromatic carbocycles. The molecule has 4 N–H and O–H groups in total. The third-order valence-corrected chi connectivity index (χ3v) is 2.54. The van der Waals surface area contributed by atoms with E-state index in [-0.39, 0.29) is 5.91 Å². The zero-order valence-electron chi connectivity index (χ0n) is 9.76. The second-order valence-corrected chi connectivity index (χ2v) is 3.73. The quantitative estimate of drug-likeness (QED) is 0.429. The normalized spacial score (nSPS) is 9.83. The number of nitrogen functional groups attached to an aromatic ring is 1. The van der Waals surface area contributed by atoms with Crippen LogP contribution in [0.25, 0.3) is 0 Å². The van der Waals surface area contributed by atoms with Gasteiger partial charge < -0.3 is 5.32 Å². The predicted octanol–water partition coefficient (Wildman–Crippen LogP) is 1.30. The van der Waals surface area contributed by atoms with Crippen molar-refractivity contribution in [2.75, 3.05) is 5.32 Å². The number of nitrogens with one attached hydrogen (secondary N) is 2. The van der Waals surface area contributed by atoms with Crippen LogP contribution >= 0.6 is 0 Å². The molecule has 0 aliphatic carbocycles. The molecule has 2 aromatic rings. The van der Waals surface area contributed by atoms with Gasteiger partial charge in [-0.1, -0.05) is 12.1 Å². The maximum Gasteiger partial charge on any atom is 0.267 e. The van der Waals surface area contributed by atoms with E-state index >= 15 is 0 Å². The van der Waals surface area contributed by atoms with E-state index in [0.29, 0.717) is 12.1 Å². The molecule has 0 spiro atoms. The monoisotopic (exact) mass is 242 g/mol. The first-order valence-electron chi connectivity index (χ1n) is 5.54. The summed E-state index contributed by atoms with van der Waals surface area (Å²) in [7, 11) is 0. The number of pyridine rings is 1. The summed E-state index contributed by atoms with van der Waals surface area (Å²) in [6.07, 6.45) is 3.46. The second-order valence-electron chi connectivity index (χ2n) is 3.73. The Morgan fingerprint density at radius 1 is 1.17 bits per heavy atom. The maximum absolute atomic E-state index is 11.6. The van der Waals surface area contributed by atoms with Gasteiger partial charge in [0.15, 0.2) is 0 Å². The average molecular weight is 242 g/mol. The first-order chi connectivity index (χ1) is 8.81. The van der Waals surface area contributed by atoms with Crippen LogP contribution in [0.1, 0.15) is 15.9 Å². The zero-order valence-corrected chi connectivity index (χ0v) is 9.76. The summed E-state index contributed by atoms with van der Waals surface area (Å²) in [6, 6.07) is 11.0. The van der Waals surface area contributed by atoms with Gasteiger partial charge in [0.1, 0.15) is 0 Å². The highest BCUT2D eigenvalue weighted by Gasteiger charge is 2.08. The summed E-state index contributed by atoms with van der Waals surface area (Å²) >= 11 is 0. The van der Waals surface area contributed by atoms with E-state index in [1.54, 1.807) is 24.5 Å². The van der Waals surface area contributed by atoms with E-state index in [1.807, 2.05) is 24.3 Å². The van der Waals surface area contributed by atoms with E-state index in [4.69, 9.17) is 5.84 Å².